The van der Waals surface area contributed by atoms with Crippen LogP contribution in [0.5, 0.6) is 0 Å². The van der Waals surface area contributed by atoms with E-state index in [4.69, 9.17) is 9.66 Å². The summed E-state index contributed by atoms with van der Waals surface area (Å²) >= 11 is 0. The topological polar surface area (TPSA) is 165 Å². The first-order valence-electron chi connectivity index (χ1n) is 4.21. The molecule has 0 bridgehead atoms. The van der Waals surface area contributed by atoms with E-state index in [1.807, 2.05) is 0 Å². The Morgan fingerprint density at radius 3 is 1.38 bits per heavy atom. The number of hydrogen-bond donors (Lipinski definition) is 6. The van der Waals surface area contributed by atoms with Crippen LogP contribution < -0.4 is 0 Å². The first-order chi connectivity index (χ1) is 7.15. The van der Waals surface area contributed by atoms with Gasteiger partial charge in [-0.2, -0.15) is 8.42 Å². The van der Waals surface area contributed by atoms with Crippen molar-refractivity contribution in [2.24, 2.45) is 0 Å². The maximum atomic E-state index is 10.4. The molecule has 1 aliphatic rings. The van der Waals surface area contributed by atoms with E-state index in [1.165, 1.54) is 0 Å². The van der Waals surface area contributed by atoms with Gasteiger partial charge in [0.05, 0.1) is 0 Å². The third-order valence-corrected chi connectivity index (χ3v) is 2.77. The highest BCUT2D eigenvalue weighted by atomic mass is 32.3. The van der Waals surface area contributed by atoms with Crippen molar-refractivity contribution in [3.05, 3.63) is 0 Å². The van der Waals surface area contributed by atoms with Crippen LogP contribution >= 0.6 is 0 Å². The fourth-order valence-electron chi connectivity index (χ4n) is 1.45. The highest BCUT2D eigenvalue weighted by Gasteiger charge is 2.50. The number of rotatable bonds is 2. The summed E-state index contributed by atoms with van der Waals surface area (Å²) in [6, 6.07) is 0. The molecule has 16 heavy (non-hydrogen) atoms. The molecule has 6 atom stereocenters. The molecule has 0 heterocycles. The molecule has 0 unspecified atom stereocenters. The molecule has 96 valence electrons. The van der Waals surface area contributed by atoms with Crippen LogP contribution in [0.4, 0.5) is 0 Å². The van der Waals surface area contributed by atoms with Crippen LogP contribution in [0.1, 0.15) is 0 Å². The highest BCUT2D eigenvalue weighted by molar-refractivity contribution is 7.80. The maximum Gasteiger partial charge on any atom is 0.397 e. The molecule has 10 heteroatoms. The van der Waals surface area contributed by atoms with Crippen molar-refractivity contribution in [2.45, 2.75) is 36.6 Å². The Labute approximate surface area is 90.5 Å². The van der Waals surface area contributed by atoms with Crippen molar-refractivity contribution in [3.63, 3.8) is 0 Å². The summed E-state index contributed by atoms with van der Waals surface area (Å²) in [7, 11) is -4.98. The molecule has 0 radical (unpaired) electrons. The molecular formula is C6H12O9S. The zero-order chi connectivity index (χ0) is 12.7. The fourth-order valence-corrected chi connectivity index (χ4v) is 1.96. The van der Waals surface area contributed by atoms with Crippen LogP contribution in [0, 0.1) is 0 Å². The largest absolute Gasteiger partial charge is 0.397 e. The molecule has 0 aromatic heterocycles. The molecule has 9 nitrogen and oxygen atoms in total. The van der Waals surface area contributed by atoms with E-state index in [9.17, 15) is 28.8 Å². The smallest absolute Gasteiger partial charge is 0.387 e. The zero-order valence-electron chi connectivity index (χ0n) is 7.78. The minimum atomic E-state index is -4.98. The van der Waals surface area contributed by atoms with Gasteiger partial charge in [-0.25, -0.2) is 4.18 Å². The van der Waals surface area contributed by atoms with Crippen LogP contribution in [0.3, 0.4) is 0 Å². The quantitative estimate of drug-likeness (QED) is 0.271. The third-order valence-electron chi connectivity index (χ3n) is 2.31. The Balaban J connectivity index is 2.91. The molecular weight excluding hydrogens is 248 g/mol. The summed E-state index contributed by atoms with van der Waals surface area (Å²) in [5.41, 5.74) is 0. The Morgan fingerprint density at radius 1 is 0.750 bits per heavy atom. The number of aliphatic hydroxyl groups is 5. The first kappa shape index (κ1) is 13.7. The second-order valence-electron chi connectivity index (χ2n) is 3.44. The fraction of sp³-hybridized carbons (Fsp3) is 1.00. The van der Waals surface area contributed by atoms with Crippen LogP contribution in [0.15, 0.2) is 0 Å². The Morgan fingerprint density at radius 2 is 1.06 bits per heavy atom. The molecule has 1 rings (SSSR count). The van der Waals surface area contributed by atoms with Gasteiger partial charge < -0.3 is 25.5 Å². The van der Waals surface area contributed by atoms with Gasteiger partial charge in [-0.3, -0.25) is 4.55 Å². The number of hydrogen-bond acceptors (Lipinski definition) is 8. The normalized spacial score (nSPS) is 45.6. The van der Waals surface area contributed by atoms with Gasteiger partial charge in [0, 0.05) is 0 Å². The van der Waals surface area contributed by atoms with E-state index in [1.54, 1.807) is 0 Å². The molecule has 6 N–H and O–H groups in total. The van der Waals surface area contributed by atoms with Crippen molar-refractivity contribution in [2.75, 3.05) is 0 Å². The first-order valence-corrected chi connectivity index (χ1v) is 5.57. The van der Waals surface area contributed by atoms with Crippen molar-refractivity contribution < 1.29 is 42.7 Å². The summed E-state index contributed by atoms with van der Waals surface area (Å²) in [5.74, 6) is 0. The monoisotopic (exact) mass is 260 g/mol. The van der Waals surface area contributed by atoms with Gasteiger partial charge in [-0.15, -0.1) is 0 Å². The minimum Gasteiger partial charge on any atom is -0.387 e. The highest BCUT2D eigenvalue weighted by Crippen LogP contribution is 2.24. The Bertz CT molecular complexity index is 324. The summed E-state index contributed by atoms with van der Waals surface area (Å²) in [4.78, 5) is 0. The Kier molecular flexibility index (Phi) is 3.87. The molecule has 1 fully saturated rings. The average molecular weight is 260 g/mol. The minimum absolute atomic E-state index is 1.86. The van der Waals surface area contributed by atoms with Gasteiger partial charge in [-0.05, 0) is 0 Å². The van der Waals surface area contributed by atoms with Crippen LogP contribution in [-0.2, 0) is 14.6 Å². The van der Waals surface area contributed by atoms with Gasteiger partial charge in [0.25, 0.3) is 0 Å². The van der Waals surface area contributed by atoms with E-state index in [0.717, 1.165) is 0 Å². The van der Waals surface area contributed by atoms with Gasteiger partial charge in [0.2, 0.25) is 0 Å². The molecule has 0 aromatic rings. The van der Waals surface area contributed by atoms with Crippen molar-refractivity contribution in [1.29, 1.82) is 0 Å². The van der Waals surface area contributed by atoms with Crippen LogP contribution in [0.25, 0.3) is 0 Å². The molecule has 0 spiro atoms. The molecule has 0 amide bonds. The van der Waals surface area contributed by atoms with Gasteiger partial charge in [0.1, 0.15) is 36.6 Å². The summed E-state index contributed by atoms with van der Waals surface area (Å²) in [6.45, 7) is 0. The van der Waals surface area contributed by atoms with Crippen LogP contribution in [-0.4, -0.2) is 75.1 Å². The van der Waals surface area contributed by atoms with E-state index < -0.39 is 47.0 Å². The molecule has 0 aromatic carbocycles. The van der Waals surface area contributed by atoms with Crippen molar-refractivity contribution in [1.82, 2.24) is 0 Å². The zero-order valence-corrected chi connectivity index (χ0v) is 8.60. The SMILES string of the molecule is O=S(=O)(O)O[C@@H]1[C@@H](O)[C@H](O)[C@H](O)[C@H](O)[C@@H]1O. The average Bonchev–Trinajstić information content (AvgIpc) is 2.17. The van der Waals surface area contributed by atoms with Gasteiger partial charge >= 0.3 is 10.4 Å². The third kappa shape index (κ3) is 2.67. The second kappa shape index (κ2) is 4.50. The summed E-state index contributed by atoms with van der Waals surface area (Å²) < 4.78 is 33.0. The molecule has 0 aliphatic heterocycles. The lowest BCUT2D eigenvalue weighted by Crippen LogP contribution is -2.64. The molecule has 1 saturated carbocycles. The van der Waals surface area contributed by atoms with E-state index in [-0.39, 0.29) is 0 Å². The predicted octanol–water partition coefficient (Wildman–Crippen LogP) is -4.01. The van der Waals surface area contributed by atoms with E-state index in [0.29, 0.717) is 0 Å². The predicted molar refractivity (Wildman–Crippen MR) is 46.5 cm³/mol. The lowest BCUT2D eigenvalue weighted by atomic mass is 9.85. The van der Waals surface area contributed by atoms with E-state index in [2.05, 4.69) is 4.18 Å². The van der Waals surface area contributed by atoms with Gasteiger partial charge in [0.15, 0.2) is 0 Å². The standard InChI is InChI=1S/C6H12O9S/c7-1-2(8)4(10)6(5(11)3(1)9)15-16(12,13)14/h1-11H,(H,12,13,14)/t1-,2+,3-,4-,5-,6+/m0/s1. The van der Waals surface area contributed by atoms with Gasteiger partial charge in [-0.1, -0.05) is 0 Å². The summed E-state index contributed by atoms with van der Waals surface area (Å²) in [6.07, 6.45) is -11.6. The maximum absolute atomic E-state index is 10.4. The Hall–Kier alpha value is -0.330. The lowest BCUT2D eigenvalue weighted by molar-refractivity contribution is -0.217. The second-order valence-corrected chi connectivity index (χ2v) is 4.49. The van der Waals surface area contributed by atoms with Crippen LogP contribution in [0.2, 0.25) is 0 Å². The number of aliphatic hydroxyl groups excluding tert-OH is 5. The van der Waals surface area contributed by atoms with Crippen molar-refractivity contribution >= 4 is 10.4 Å². The van der Waals surface area contributed by atoms with E-state index >= 15 is 0 Å². The van der Waals surface area contributed by atoms with Crippen molar-refractivity contribution in [3.8, 4) is 0 Å². The lowest BCUT2D eigenvalue weighted by Gasteiger charge is -2.40. The summed E-state index contributed by atoms with van der Waals surface area (Å²) in [5, 5.41) is 46.0. The molecule has 1 aliphatic carbocycles. The molecule has 0 saturated heterocycles.